The number of hydrogen-bond acceptors (Lipinski definition) is 2. The number of nitrogens with one attached hydrogen (secondary N) is 1. The van der Waals surface area contributed by atoms with Gasteiger partial charge in [-0.3, -0.25) is 4.90 Å². The van der Waals surface area contributed by atoms with Gasteiger partial charge in [-0.1, -0.05) is 41.5 Å². The Morgan fingerprint density at radius 2 is 1.94 bits per heavy atom. The summed E-state index contributed by atoms with van der Waals surface area (Å²) in [6.45, 7) is 20.0. The molecule has 0 amide bonds. The molecule has 108 valence electrons. The molecule has 1 rings (SSSR count). The van der Waals surface area contributed by atoms with Crippen LogP contribution in [0.2, 0.25) is 0 Å². The van der Waals surface area contributed by atoms with E-state index in [4.69, 9.17) is 0 Å². The molecule has 2 nitrogen and oxygen atoms in total. The highest BCUT2D eigenvalue weighted by atomic mass is 15.3. The molecule has 1 fully saturated rings. The predicted octanol–water partition coefficient (Wildman–Crippen LogP) is 3.52. The Morgan fingerprint density at radius 1 is 1.33 bits per heavy atom. The van der Waals surface area contributed by atoms with E-state index in [9.17, 15) is 0 Å². The summed E-state index contributed by atoms with van der Waals surface area (Å²) < 4.78 is 0. The summed E-state index contributed by atoms with van der Waals surface area (Å²) in [6.07, 6.45) is 2.46. The van der Waals surface area contributed by atoms with Crippen LogP contribution < -0.4 is 5.32 Å². The second-order valence-electron chi connectivity index (χ2n) is 7.53. The zero-order valence-electron chi connectivity index (χ0n) is 13.6. The molecular formula is C16H34N2. The number of rotatable bonds is 5. The van der Waals surface area contributed by atoms with Crippen molar-refractivity contribution in [3.63, 3.8) is 0 Å². The van der Waals surface area contributed by atoms with Gasteiger partial charge in [0.1, 0.15) is 0 Å². The van der Waals surface area contributed by atoms with Crippen LogP contribution in [0, 0.1) is 11.3 Å². The topological polar surface area (TPSA) is 15.3 Å². The van der Waals surface area contributed by atoms with Crippen molar-refractivity contribution in [2.24, 2.45) is 11.3 Å². The zero-order chi connectivity index (χ0) is 14.0. The maximum atomic E-state index is 3.77. The molecule has 1 heterocycles. The van der Waals surface area contributed by atoms with Crippen LogP contribution in [0.5, 0.6) is 0 Å². The Morgan fingerprint density at radius 3 is 2.39 bits per heavy atom. The minimum atomic E-state index is 0.301. The standard InChI is InChI=1S/C16H34N2/c1-8-15(5,6)11-18-12-16(7,9-2)17-10-14(18)13(3)4/h13-14,17H,8-12H2,1-7H3. The van der Waals surface area contributed by atoms with Crippen LogP contribution in [0.1, 0.15) is 61.3 Å². The SMILES string of the molecule is CCC(C)(C)CN1CC(C)(CC)NCC1C(C)C. The molecule has 0 aromatic heterocycles. The lowest BCUT2D eigenvalue weighted by Gasteiger charge is -2.49. The van der Waals surface area contributed by atoms with Gasteiger partial charge in [-0.15, -0.1) is 0 Å². The van der Waals surface area contributed by atoms with Crippen LogP contribution in [0.4, 0.5) is 0 Å². The lowest BCUT2D eigenvalue weighted by Crippen LogP contribution is -2.65. The van der Waals surface area contributed by atoms with Gasteiger partial charge in [-0.05, 0) is 31.1 Å². The minimum Gasteiger partial charge on any atom is -0.309 e. The van der Waals surface area contributed by atoms with Gasteiger partial charge in [-0.2, -0.15) is 0 Å². The van der Waals surface area contributed by atoms with Crippen molar-refractivity contribution in [2.75, 3.05) is 19.6 Å². The smallest absolute Gasteiger partial charge is 0.0278 e. The molecule has 2 atom stereocenters. The number of hydrogen-bond donors (Lipinski definition) is 1. The molecule has 1 N–H and O–H groups in total. The van der Waals surface area contributed by atoms with E-state index in [1.54, 1.807) is 0 Å². The van der Waals surface area contributed by atoms with E-state index < -0.39 is 0 Å². The van der Waals surface area contributed by atoms with Crippen molar-refractivity contribution in [3.8, 4) is 0 Å². The first kappa shape index (κ1) is 16.0. The highest BCUT2D eigenvalue weighted by Crippen LogP contribution is 2.28. The number of piperazine rings is 1. The fourth-order valence-corrected chi connectivity index (χ4v) is 2.83. The Balaban J connectivity index is 2.79. The third-order valence-electron chi connectivity index (χ3n) is 4.90. The average molecular weight is 254 g/mol. The molecule has 1 aliphatic rings. The van der Waals surface area contributed by atoms with Crippen molar-refractivity contribution in [2.45, 2.75) is 72.9 Å². The molecule has 0 aliphatic carbocycles. The maximum absolute atomic E-state index is 3.77. The predicted molar refractivity (Wildman–Crippen MR) is 81.0 cm³/mol. The molecule has 0 aromatic carbocycles. The van der Waals surface area contributed by atoms with Gasteiger partial charge in [0.15, 0.2) is 0 Å². The molecule has 2 unspecified atom stereocenters. The minimum absolute atomic E-state index is 0.301. The first-order valence-electron chi connectivity index (χ1n) is 7.72. The van der Waals surface area contributed by atoms with Crippen LogP contribution in [0.15, 0.2) is 0 Å². The molecule has 2 heteroatoms. The van der Waals surface area contributed by atoms with Crippen LogP contribution in [-0.2, 0) is 0 Å². The molecule has 0 saturated carbocycles. The summed E-state index contributed by atoms with van der Waals surface area (Å²) in [7, 11) is 0. The summed E-state index contributed by atoms with van der Waals surface area (Å²) in [5.74, 6) is 0.728. The summed E-state index contributed by atoms with van der Waals surface area (Å²) in [5.41, 5.74) is 0.730. The van der Waals surface area contributed by atoms with E-state index in [-0.39, 0.29) is 0 Å². The van der Waals surface area contributed by atoms with Crippen LogP contribution in [0.3, 0.4) is 0 Å². The van der Waals surface area contributed by atoms with Crippen molar-refractivity contribution in [1.29, 1.82) is 0 Å². The second-order valence-corrected chi connectivity index (χ2v) is 7.53. The second kappa shape index (κ2) is 5.92. The quantitative estimate of drug-likeness (QED) is 0.807. The van der Waals surface area contributed by atoms with Crippen molar-refractivity contribution in [3.05, 3.63) is 0 Å². The highest BCUT2D eigenvalue weighted by molar-refractivity contribution is 4.96. The molecule has 18 heavy (non-hydrogen) atoms. The first-order valence-corrected chi connectivity index (χ1v) is 7.72. The van der Waals surface area contributed by atoms with E-state index in [2.05, 4.69) is 58.7 Å². The molecular weight excluding hydrogens is 220 g/mol. The monoisotopic (exact) mass is 254 g/mol. The average Bonchev–Trinajstić information content (AvgIpc) is 2.28. The Hall–Kier alpha value is -0.0800. The van der Waals surface area contributed by atoms with Gasteiger partial charge < -0.3 is 5.32 Å². The van der Waals surface area contributed by atoms with Crippen molar-refractivity contribution >= 4 is 0 Å². The largest absolute Gasteiger partial charge is 0.309 e. The van der Waals surface area contributed by atoms with Gasteiger partial charge in [-0.25, -0.2) is 0 Å². The van der Waals surface area contributed by atoms with E-state index in [1.807, 2.05) is 0 Å². The van der Waals surface area contributed by atoms with Crippen molar-refractivity contribution < 1.29 is 0 Å². The van der Waals surface area contributed by atoms with Gasteiger partial charge >= 0.3 is 0 Å². The highest BCUT2D eigenvalue weighted by Gasteiger charge is 2.37. The Labute approximate surface area is 115 Å². The molecule has 0 bridgehead atoms. The van der Waals surface area contributed by atoms with Crippen LogP contribution in [-0.4, -0.2) is 36.1 Å². The molecule has 1 saturated heterocycles. The van der Waals surface area contributed by atoms with E-state index in [0.29, 0.717) is 17.0 Å². The van der Waals surface area contributed by atoms with Gasteiger partial charge in [0.05, 0.1) is 0 Å². The fraction of sp³-hybridized carbons (Fsp3) is 1.00. The van der Waals surface area contributed by atoms with Gasteiger partial charge in [0, 0.05) is 31.2 Å². The molecule has 1 aliphatic heterocycles. The van der Waals surface area contributed by atoms with Crippen molar-refractivity contribution in [1.82, 2.24) is 10.2 Å². The maximum Gasteiger partial charge on any atom is 0.0278 e. The fourth-order valence-electron chi connectivity index (χ4n) is 2.83. The van der Waals surface area contributed by atoms with Gasteiger partial charge in [0.2, 0.25) is 0 Å². The Bertz CT molecular complexity index is 258. The third kappa shape index (κ3) is 3.96. The normalized spacial score (nSPS) is 31.0. The molecule has 0 spiro atoms. The first-order chi connectivity index (χ1) is 8.23. The van der Waals surface area contributed by atoms with Crippen LogP contribution in [0.25, 0.3) is 0 Å². The molecule has 0 aromatic rings. The number of nitrogens with zero attached hydrogens (tertiary/aromatic N) is 1. The third-order valence-corrected chi connectivity index (χ3v) is 4.90. The zero-order valence-corrected chi connectivity index (χ0v) is 13.6. The summed E-state index contributed by atoms with van der Waals surface area (Å²) in [5, 5.41) is 3.77. The summed E-state index contributed by atoms with van der Waals surface area (Å²) in [6, 6.07) is 0.690. The lowest BCUT2D eigenvalue weighted by molar-refractivity contribution is 0.0301. The van der Waals surface area contributed by atoms with E-state index in [1.165, 1.54) is 25.9 Å². The Kier molecular flexibility index (Phi) is 5.25. The summed E-state index contributed by atoms with van der Waals surface area (Å²) >= 11 is 0. The van der Waals surface area contributed by atoms with Crippen LogP contribution >= 0.6 is 0 Å². The summed E-state index contributed by atoms with van der Waals surface area (Å²) in [4.78, 5) is 2.74. The lowest BCUT2D eigenvalue weighted by atomic mass is 9.84. The van der Waals surface area contributed by atoms with E-state index >= 15 is 0 Å². The van der Waals surface area contributed by atoms with E-state index in [0.717, 1.165) is 12.5 Å². The molecule has 0 radical (unpaired) electrons. The van der Waals surface area contributed by atoms with Gasteiger partial charge in [0.25, 0.3) is 0 Å².